The standard InChI is InChI=1S/C12H10Br2ClFN2S/c13-7-5-11(19-12(7)14)10(18-17)4-6-1-2-9(16)8(15)3-6/h1-3,5,10,18H,4,17H2. The maximum absolute atomic E-state index is 13.1. The van der Waals surface area contributed by atoms with Crippen LogP contribution in [-0.4, -0.2) is 0 Å². The third kappa shape index (κ3) is 3.77. The summed E-state index contributed by atoms with van der Waals surface area (Å²) in [4.78, 5) is 1.08. The zero-order valence-electron chi connectivity index (χ0n) is 9.59. The Morgan fingerprint density at radius 2 is 2.11 bits per heavy atom. The summed E-state index contributed by atoms with van der Waals surface area (Å²) in [5.41, 5.74) is 3.70. The van der Waals surface area contributed by atoms with Gasteiger partial charge in [0.15, 0.2) is 0 Å². The van der Waals surface area contributed by atoms with Crippen LogP contribution < -0.4 is 11.3 Å². The smallest absolute Gasteiger partial charge is 0.141 e. The van der Waals surface area contributed by atoms with Crippen LogP contribution in [-0.2, 0) is 6.42 Å². The van der Waals surface area contributed by atoms with Gasteiger partial charge in [-0.1, -0.05) is 17.7 Å². The maximum Gasteiger partial charge on any atom is 0.141 e. The molecule has 0 radical (unpaired) electrons. The number of rotatable bonds is 4. The lowest BCUT2D eigenvalue weighted by Crippen LogP contribution is -2.28. The topological polar surface area (TPSA) is 38.0 Å². The van der Waals surface area contributed by atoms with E-state index in [1.807, 2.05) is 6.07 Å². The second-order valence-electron chi connectivity index (χ2n) is 3.94. The SMILES string of the molecule is NNC(Cc1ccc(F)c(Cl)c1)c1cc(Br)c(Br)s1. The second kappa shape index (κ2) is 6.65. The van der Waals surface area contributed by atoms with Crippen molar-refractivity contribution in [3.63, 3.8) is 0 Å². The van der Waals surface area contributed by atoms with Crippen molar-refractivity contribution in [1.82, 2.24) is 5.43 Å². The number of hydrogen-bond donors (Lipinski definition) is 2. The monoisotopic (exact) mass is 426 g/mol. The van der Waals surface area contributed by atoms with E-state index in [1.165, 1.54) is 6.07 Å². The molecule has 7 heteroatoms. The molecular weight excluding hydrogens is 418 g/mol. The van der Waals surface area contributed by atoms with Gasteiger partial charge < -0.3 is 0 Å². The quantitative estimate of drug-likeness (QED) is 0.542. The highest BCUT2D eigenvalue weighted by molar-refractivity contribution is 9.13. The second-order valence-corrected chi connectivity index (χ2v) is 7.61. The maximum atomic E-state index is 13.1. The van der Waals surface area contributed by atoms with Crippen molar-refractivity contribution < 1.29 is 4.39 Å². The molecule has 1 heterocycles. The number of halogens is 4. The van der Waals surface area contributed by atoms with E-state index in [9.17, 15) is 4.39 Å². The molecule has 0 amide bonds. The van der Waals surface area contributed by atoms with Crippen LogP contribution in [0.4, 0.5) is 4.39 Å². The summed E-state index contributed by atoms with van der Waals surface area (Å²) in [6.45, 7) is 0. The van der Waals surface area contributed by atoms with Crippen molar-refractivity contribution >= 4 is 54.8 Å². The van der Waals surface area contributed by atoms with Crippen LogP contribution in [0.3, 0.4) is 0 Å². The first kappa shape index (κ1) is 15.4. The highest BCUT2D eigenvalue weighted by Crippen LogP contribution is 2.36. The van der Waals surface area contributed by atoms with Gasteiger partial charge in [0, 0.05) is 9.35 Å². The van der Waals surface area contributed by atoms with Crippen molar-refractivity contribution in [2.45, 2.75) is 12.5 Å². The fourth-order valence-corrected chi connectivity index (χ4v) is 4.03. The molecule has 1 unspecified atom stereocenters. The van der Waals surface area contributed by atoms with E-state index in [2.05, 4.69) is 37.3 Å². The Morgan fingerprint density at radius 1 is 1.37 bits per heavy atom. The summed E-state index contributed by atoms with van der Waals surface area (Å²) in [5, 5.41) is 0.127. The van der Waals surface area contributed by atoms with Gasteiger partial charge in [0.2, 0.25) is 0 Å². The van der Waals surface area contributed by atoms with Crippen LogP contribution in [0.1, 0.15) is 16.5 Å². The summed E-state index contributed by atoms with van der Waals surface area (Å²) >= 11 is 14.3. The molecule has 0 fully saturated rings. The Bertz CT molecular complexity index is 572. The first-order valence-corrected chi connectivity index (χ1v) is 8.14. The van der Waals surface area contributed by atoms with Gasteiger partial charge in [-0.3, -0.25) is 11.3 Å². The molecule has 0 spiro atoms. The highest BCUT2D eigenvalue weighted by atomic mass is 79.9. The number of thiophene rings is 1. The van der Waals surface area contributed by atoms with Crippen LogP contribution in [0.25, 0.3) is 0 Å². The molecule has 0 saturated carbocycles. The summed E-state index contributed by atoms with van der Waals surface area (Å²) in [5.74, 6) is 5.19. The molecule has 0 bridgehead atoms. The normalized spacial score (nSPS) is 12.7. The van der Waals surface area contributed by atoms with Gasteiger partial charge in [0.1, 0.15) is 5.82 Å². The molecule has 2 nitrogen and oxygen atoms in total. The van der Waals surface area contributed by atoms with E-state index < -0.39 is 5.82 Å². The predicted molar refractivity (Wildman–Crippen MR) is 84.9 cm³/mol. The third-order valence-corrected chi connectivity index (χ3v) is 6.29. The average molecular weight is 429 g/mol. The number of hydrazine groups is 1. The van der Waals surface area contributed by atoms with Gasteiger partial charge in [0.25, 0.3) is 0 Å². The Balaban J connectivity index is 2.21. The molecule has 2 rings (SSSR count). The molecule has 0 aliphatic rings. The predicted octanol–water partition coefficient (Wildman–Crippen LogP) is 4.81. The van der Waals surface area contributed by atoms with Gasteiger partial charge in [-0.25, -0.2) is 4.39 Å². The Morgan fingerprint density at radius 3 is 2.63 bits per heavy atom. The van der Waals surface area contributed by atoms with Crippen molar-refractivity contribution in [3.8, 4) is 0 Å². The first-order valence-electron chi connectivity index (χ1n) is 5.36. The fourth-order valence-electron chi connectivity index (χ4n) is 1.68. The summed E-state index contributed by atoms with van der Waals surface area (Å²) in [7, 11) is 0. The summed E-state index contributed by atoms with van der Waals surface area (Å²) in [6.07, 6.45) is 0.635. The number of nitrogens with one attached hydrogen (secondary N) is 1. The summed E-state index contributed by atoms with van der Waals surface area (Å²) in [6, 6.07) is 6.66. The zero-order chi connectivity index (χ0) is 14.0. The lowest BCUT2D eigenvalue weighted by Gasteiger charge is -2.14. The van der Waals surface area contributed by atoms with Crippen LogP contribution in [0.15, 0.2) is 32.5 Å². The zero-order valence-corrected chi connectivity index (χ0v) is 14.3. The number of hydrogen-bond acceptors (Lipinski definition) is 3. The molecule has 19 heavy (non-hydrogen) atoms. The van der Waals surface area contributed by atoms with Gasteiger partial charge in [0.05, 0.1) is 14.9 Å². The van der Waals surface area contributed by atoms with Gasteiger partial charge in [-0.15, -0.1) is 11.3 Å². The van der Waals surface area contributed by atoms with E-state index in [-0.39, 0.29) is 11.1 Å². The highest BCUT2D eigenvalue weighted by Gasteiger charge is 2.15. The average Bonchev–Trinajstić information content (AvgIpc) is 2.71. The third-order valence-electron chi connectivity index (χ3n) is 2.63. The minimum Gasteiger partial charge on any atom is -0.271 e. The minimum atomic E-state index is -0.413. The molecule has 1 atom stereocenters. The van der Waals surface area contributed by atoms with Crippen molar-refractivity contribution in [2.24, 2.45) is 5.84 Å². The first-order chi connectivity index (χ1) is 9.01. The Hall–Kier alpha value is 0.0200. The number of nitrogens with two attached hydrogens (primary N) is 1. The van der Waals surface area contributed by atoms with E-state index in [0.29, 0.717) is 6.42 Å². The molecule has 3 N–H and O–H groups in total. The largest absolute Gasteiger partial charge is 0.271 e. The van der Waals surface area contributed by atoms with Gasteiger partial charge in [-0.05, 0) is 62.0 Å². The molecule has 0 saturated heterocycles. The number of benzene rings is 1. The van der Waals surface area contributed by atoms with E-state index in [1.54, 1.807) is 23.5 Å². The molecule has 0 aliphatic heterocycles. The van der Waals surface area contributed by atoms with E-state index in [0.717, 1.165) is 18.7 Å². The van der Waals surface area contributed by atoms with Crippen molar-refractivity contribution in [2.75, 3.05) is 0 Å². The molecule has 1 aromatic heterocycles. The Kier molecular flexibility index (Phi) is 5.39. The van der Waals surface area contributed by atoms with Crippen LogP contribution in [0.2, 0.25) is 5.02 Å². The van der Waals surface area contributed by atoms with E-state index >= 15 is 0 Å². The van der Waals surface area contributed by atoms with Crippen molar-refractivity contribution in [3.05, 3.63) is 53.8 Å². The van der Waals surface area contributed by atoms with Gasteiger partial charge in [-0.2, -0.15) is 0 Å². The molecular formula is C12H10Br2ClFN2S. The molecule has 102 valence electrons. The minimum absolute atomic E-state index is 0.0471. The van der Waals surface area contributed by atoms with Crippen LogP contribution >= 0.6 is 54.8 Å². The lowest BCUT2D eigenvalue weighted by molar-refractivity contribution is 0.559. The van der Waals surface area contributed by atoms with Crippen LogP contribution in [0.5, 0.6) is 0 Å². The molecule has 2 aromatic rings. The fraction of sp³-hybridized carbons (Fsp3) is 0.167. The van der Waals surface area contributed by atoms with Crippen molar-refractivity contribution in [1.29, 1.82) is 0 Å². The van der Waals surface area contributed by atoms with Gasteiger partial charge >= 0.3 is 0 Å². The van der Waals surface area contributed by atoms with Crippen LogP contribution in [0, 0.1) is 5.82 Å². The summed E-state index contributed by atoms with van der Waals surface area (Å²) < 4.78 is 15.1. The molecule has 1 aromatic carbocycles. The Labute approximate surface area is 136 Å². The molecule has 0 aliphatic carbocycles. The lowest BCUT2D eigenvalue weighted by atomic mass is 10.1. The van der Waals surface area contributed by atoms with E-state index in [4.69, 9.17) is 17.4 Å².